The molecule has 20 heavy (non-hydrogen) atoms. The lowest BCUT2D eigenvalue weighted by Crippen LogP contribution is -2.52. The number of amidine groups is 1. The van der Waals surface area contributed by atoms with E-state index in [0.717, 1.165) is 6.54 Å². The van der Waals surface area contributed by atoms with Crippen LogP contribution >= 0.6 is 0 Å². The number of hydrogen-bond acceptors (Lipinski definition) is 5. The summed E-state index contributed by atoms with van der Waals surface area (Å²) in [5, 5.41) is 3.11. The predicted octanol–water partition coefficient (Wildman–Crippen LogP) is 0.0557. The molecule has 1 atom stereocenters. The maximum Gasteiger partial charge on any atom is 0.285 e. The number of fused-ring (bicyclic) bond motifs is 1. The Morgan fingerprint density at radius 1 is 1.45 bits per heavy atom. The zero-order chi connectivity index (χ0) is 14.2. The second-order valence-electron chi connectivity index (χ2n) is 4.87. The number of likely N-dealkylation sites (N-methyl/N-ethyl adjacent to an activating group) is 1. The van der Waals surface area contributed by atoms with Gasteiger partial charge in [0.05, 0.1) is 19.3 Å². The highest BCUT2D eigenvalue weighted by Crippen LogP contribution is 2.28. The summed E-state index contributed by atoms with van der Waals surface area (Å²) in [7, 11) is -1.69. The van der Waals surface area contributed by atoms with Crippen molar-refractivity contribution in [3.8, 4) is 0 Å². The first kappa shape index (κ1) is 13.5. The monoisotopic (exact) mass is 295 g/mol. The first-order valence-corrected chi connectivity index (χ1v) is 8.01. The van der Waals surface area contributed by atoms with Gasteiger partial charge in [0.15, 0.2) is 5.84 Å². The van der Waals surface area contributed by atoms with Crippen molar-refractivity contribution in [2.75, 3.05) is 33.4 Å². The van der Waals surface area contributed by atoms with Crippen molar-refractivity contribution < 1.29 is 13.2 Å². The lowest BCUT2D eigenvalue weighted by molar-refractivity contribution is 0.0277. The van der Waals surface area contributed by atoms with Crippen LogP contribution in [0.25, 0.3) is 0 Å². The van der Waals surface area contributed by atoms with Gasteiger partial charge < -0.3 is 15.0 Å². The van der Waals surface area contributed by atoms with Gasteiger partial charge in [0.1, 0.15) is 4.90 Å². The van der Waals surface area contributed by atoms with E-state index in [2.05, 4.69) is 9.71 Å². The molecular weight excluding hydrogens is 278 g/mol. The highest BCUT2D eigenvalue weighted by Gasteiger charge is 2.35. The largest absolute Gasteiger partial charge is 0.377 e. The minimum Gasteiger partial charge on any atom is -0.377 e. The molecule has 1 saturated heterocycles. The van der Waals surface area contributed by atoms with Crippen LogP contribution in [-0.4, -0.2) is 58.5 Å². The molecular formula is C13H17N3O3S. The fraction of sp³-hybridized carbons (Fsp3) is 0.462. The fourth-order valence-electron chi connectivity index (χ4n) is 2.63. The Morgan fingerprint density at radius 2 is 2.25 bits per heavy atom. The van der Waals surface area contributed by atoms with Crippen LogP contribution in [0.4, 0.5) is 0 Å². The van der Waals surface area contributed by atoms with Crippen LogP contribution in [0.15, 0.2) is 33.6 Å². The van der Waals surface area contributed by atoms with Crippen LogP contribution in [0.1, 0.15) is 5.56 Å². The van der Waals surface area contributed by atoms with Gasteiger partial charge in [0.25, 0.3) is 10.0 Å². The summed E-state index contributed by atoms with van der Waals surface area (Å²) in [6.07, 6.45) is 0. The third-order valence-corrected chi connectivity index (χ3v) is 4.88. The standard InChI is InChI=1S/C13H17N3O3S/c1-14-8-10-9-19-7-6-16(10)13-11-4-2-3-5-12(11)20(17,18)15-13/h2-5,10,14H,6-9H2,1H3. The average molecular weight is 295 g/mol. The van der Waals surface area contributed by atoms with Gasteiger partial charge in [-0.2, -0.15) is 8.42 Å². The molecule has 0 aromatic heterocycles. The van der Waals surface area contributed by atoms with Crippen LogP contribution < -0.4 is 5.32 Å². The van der Waals surface area contributed by atoms with Crippen molar-refractivity contribution in [1.29, 1.82) is 0 Å². The second-order valence-corrected chi connectivity index (χ2v) is 6.44. The number of ether oxygens (including phenoxy) is 1. The molecule has 0 amide bonds. The molecule has 7 heteroatoms. The summed E-state index contributed by atoms with van der Waals surface area (Å²) in [5.41, 5.74) is 0.690. The van der Waals surface area contributed by atoms with E-state index in [-0.39, 0.29) is 6.04 Å². The smallest absolute Gasteiger partial charge is 0.285 e. The Balaban J connectivity index is 2.01. The molecule has 1 aromatic rings. The minimum atomic E-state index is -3.56. The molecule has 1 N–H and O–H groups in total. The molecule has 2 aliphatic heterocycles. The molecule has 6 nitrogen and oxygen atoms in total. The maximum atomic E-state index is 12.1. The molecule has 2 aliphatic rings. The Bertz CT molecular complexity index is 640. The van der Waals surface area contributed by atoms with E-state index in [1.807, 2.05) is 24.1 Å². The van der Waals surface area contributed by atoms with E-state index in [4.69, 9.17) is 4.74 Å². The summed E-state index contributed by atoms with van der Waals surface area (Å²) in [5.74, 6) is 0.546. The number of hydrogen-bond donors (Lipinski definition) is 1. The van der Waals surface area contributed by atoms with Crippen molar-refractivity contribution >= 4 is 15.9 Å². The third-order valence-electron chi connectivity index (χ3n) is 3.55. The van der Waals surface area contributed by atoms with Crippen molar-refractivity contribution in [3.05, 3.63) is 29.8 Å². The van der Waals surface area contributed by atoms with Gasteiger partial charge in [-0.25, -0.2) is 0 Å². The number of morpholine rings is 1. The highest BCUT2D eigenvalue weighted by molar-refractivity contribution is 7.90. The lowest BCUT2D eigenvalue weighted by atomic mass is 10.1. The molecule has 108 valence electrons. The van der Waals surface area contributed by atoms with Gasteiger partial charge >= 0.3 is 0 Å². The Kier molecular flexibility index (Phi) is 3.49. The van der Waals surface area contributed by atoms with Crippen LogP contribution in [0.3, 0.4) is 0 Å². The quantitative estimate of drug-likeness (QED) is 0.835. The summed E-state index contributed by atoms with van der Waals surface area (Å²) < 4.78 is 33.7. The predicted molar refractivity (Wildman–Crippen MR) is 75.4 cm³/mol. The lowest BCUT2D eigenvalue weighted by Gasteiger charge is -2.36. The Labute approximate surface area is 118 Å². The summed E-state index contributed by atoms with van der Waals surface area (Å²) >= 11 is 0. The van der Waals surface area contributed by atoms with Gasteiger partial charge in [-0.15, -0.1) is 4.40 Å². The minimum absolute atomic E-state index is 0.0915. The van der Waals surface area contributed by atoms with E-state index in [9.17, 15) is 8.42 Å². The van der Waals surface area contributed by atoms with Gasteiger partial charge in [-0.3, -0.25) is 0 Å². The summed E-state index contributed by atoms with van der Waals surface area (Å²) in [6.45, 7) is 2.53. The molecule has 1 fully saturated rings. The molecule has 2 heterocycles. The van der Waals surface area contributed by atoms with Crippen LogP contribution in [0.5, 0.6) is 0 Å². The van der Waals surface area contributed by atoms with E-state index >= 15 is 0 Å². The number of nitrogens with one attached hydrogen (secondary N) is 1. The molecule has 1 aromatic carbocycles. The Morgan fingerprint density at radius 3 is 3.05 bits per heavy atom. The molecule has 3 rings (SSSR count). The fourth-order valence-corrected chi connectivity index (χ4v) is 3.85. The molecule has 1 unspecified atom stereocenters. The van der Waals surface area contributed by atoms with Gasteiger partial charge in [-0.1, -0.05) is 12.1 Å². The zero-order valence-electron chi connectivity index (χ0n) is 11.2. The van der Waals surface area contributed by atoms with Gasteiger partial charge in [-0.05, 0) is 19.2 Å². The van der Waals surface area contributed by atoms with E-state index in [0.29, 0.717) is 36.1 Å². The number of benzene rings is 1. The Hall–Kier alpha value is -1.44. The van der Waals surface area contributed by atoms with Crippen LogP contribution in [0.2, 0.25) is 0 Å². The average Bonchev–Trinajstić information content (AvgIpc) is 2.72. The molecule has 0 spiro atoms. The summed E-state index contributed by atoms with van der Waals surface area (Å²) in [4.78, 5) is 2.33. The molecule has 0 radical (unpaired) electrons. The van der Waals surface area contributed by atoms with Crippen molar-refractivity contribution in [2.45, 2.75) is 10.9 Å². The third kappa shape index (κ3) is 2.21. The van der Waals surface area contributed by atoms with E-state index < -0.39 is 10.0 Å². The maximum absolute atomic E-state index is 12.1. The summed E-state index contributed by atoms with van der Waals surface area (Å²) in [6, 6.07) is 7.07. The number of nitrogens with zero attached hydrogens (tertiary/aromatic N) is 2. The van der Waals surface area contributed by atoms with Crippen LogP contribution in [-0.2, 0) is 14.8 Å². The molecule has 0 saturated carbocycles. The molecule has 0 aliphatic carbocycles. The zero-order valence-corrected chi connectivity index (χ0v) is 12.1. The topological polar surface area (TPSA) is 71.0 Å². The first-order valence-electron chi connectivity index (χ1n) is 6.57. The number of rotatable bonds is 2. The normalized spacial score (nSPS) is 24.4. The van der Waals surface area contributed by atoms with Gasteiger partial charge in [0, 0.05) is 18.7 Å². The first-order chi connectivity index (χ1) is 9.63. The number of sulfonamides is 1. The molecule has 0 bridgehead atoms. The van der Waals surface area contributed by atoms with Crippen molar-refractivity contribution in [1.82, 2.24) is 10.2 Å². The van der Waals surface area contributed by atoms with E-state index in [1.54, 1.807) is 12.1 Å². The SMILES string of the molecule is CNCC1COCCN1C1=NS(=O)(=O)c2ccccc21. The van der Waals surface area contributed by atoms with Crippen LogP contribution in [0, 0.1) is 0 Å². The van der Waals surface area contributed by atoms with Crippen molar-refractivity contribution in [2.24, 2.45) is 4.40 Å². The second kappa shape index (κ2) is 5.16. The van der Waals surface area contributed by atoms with E-state index in [1.165, 1.54) is 0 Å². The van der Waals surface area contributed by atoms with Gasteiger partial charge in [0.2, 0.25) is 0 Å². The highest BCUT2D eigenvalue weighted by atomic mass is 32.2. The van der Waals surface area contributed by atoms with Crippen molar-refractivity contribution in [3.63, 3.8) is 0 Å².